The van der Waals surface area contributed by atoms with Gasteiger partial charge >= 0.3 is 5.97 Å². The zero-order valence-electron chi connectivity index (χ0n) is 19.8. The Morgan fingerprint density at radius 3 is 1.71 bits per heavy atom. The van der Waals surface area contributed by atoms with Gasteiger partial charge in [0.2, 0.25) is 5.91 Å². The number of carbonyl (C=O) groups is 2. The van der Waals surface area contributed by atoms with Crippen molar-refractivity contribution >= 4 is 17.6 Å². The molecule has 5 nitrogen and oxygen atoms in total. The molecule has 0 aliphatic rings. The molecule has 0 atom stereocenters. The third-order valence-electron chi connectivity index (χ3n) is 5.61. The maximum Gasteiger partial charge on any atom is 0.337 e. The Morgan fingerprint density at radius 2 is 1.23 bits per heavy atom. The summed E-state index contributed by atoms with van der Waals surface area (Å²) in [6.45, 7) is 3.24. The molecule has 0 fully saturated rings. The molecule has 0 heterocycles. The third kappa shape index (κ3) is 14.6. The minimum Gasteiger partial charge on any atom is -0.465 e. The van der Waals surface area contributed by atoms with Crippen LogP contribution in [0.4, 0.5) is 5.69 Å². The Kier molecular flexibility index (Phi) is 16.3. The Labute approximate surface area is 189 Å². The third-order valence-corrected chi connectivity index (χ3v) is 5.61. The summed E-state index contributed by atoms with van der Waals surface area (Å²) in [5.41, 5.74) is 1.30. The van der Waals surface area contributed by atoms with Gasteiger partial charge in [-0.1, -0.05) is 90.4 Å². The highest BCUT2D eigenvalue weighted by molar-refractivity contribution is 5.89. The Bertz CT molecular complexity index is 587. The number of anilines is 1. The number of hydrogen-bond acceptors (Lipinski definition) is 4. The highest BCUT2D eigenvalue weighted by Gasteiger charge is 2.05. The number of carbonyl (C=O) groups excluding carboxylic acids is 2. The number of unbranched alkanes of at least 4 members (excludes halogenated alkanes) is 13. The summed E-state index contributed by atoms with van der Waals surface area (Å²) in [5, 5.41) is 6.03. The molecule has 0 aromatic heterocycles. The minimum absolute atomic E-state index is 0.00765. The SMILES string of the molecule is CCCCCCCCCCCCCCCCNC(=O)CNc1ccc(C(=O)OC)cc1. The topological polar surface area (TPSA) is 67.4 Å². The quantitative estimate of drug-likeness (QED) is 0.194. The summed E-state index contributed by atoms with van der Waals surface area (Å²) >= 11 is 0. The van der Waals surface area contributed by atoms with Crippen molar-refractivity contribution in [2.75, 3.05) is 25.5 Å². The number of hydrogen-bond donors (Lipinski definition) is 2. The first kappa shape index (κ1) is 27.0. The summed E-state index contributed by atoms with van der Waals surface area (Å²) in [6, 6.07) is 6.90. The molecular weight excluding hydrogens is 388 g/mol. The second-order valence-electron chi connectivity index (χ2n) is 8.37. The average molecular weight is 433 g/mol. The highest BCUT2D eigenvalue weighted by atomic mass is 16.5. The number of amides is 1. The van der Waals surface area contributed by atoms with E-state index in [-0.39, 0.29) is 18.4 Å². The second kappa shape index (κ2) is 18.7. The smallest absolute Gasteiger partial charge is 0.337 e. The number of esters is 1. The van der Waals surface area contributed by atoms with E-state index in [0.717, 1.165) is 18.7 Å². The monoisotopic (exact) mass is 432 g/mol. The van der Waals surface area contributed by atoms with Gasteiger partial charge in [-0.2, -0.15) is 0 Å². The van der Waals surface area contributed by atoms with Gasteiger partial charge in [0, 0.05) is 12.2 Å². The van der Waals surface area contributed by atoms with Gasteiger partial charge in [0.15, 0.2) is 0 Å². The van der Waals surface area contributed by atoms with Crippen LogP contribution in [0.1, 0.15) is 107 Å². The van der Waals surface area contributed by atoms with Crippen LogP contribution in [-0.2, 0) is 9.53 Å². The zero-order chi connectivity index (χ0) is 22.6. The van der Waals surface area contributed by atoms with Gasteiger partial charge in [-0.3, -0.25) is 4.79 Å². The normalized spacial score (nSPS) is 10.6. The number of nitrogens with one attached hydrogen (secondary N) is 2. The van der Waals surface area contributed by atoms with Crippen LogP contribution in [0.25, 0.3) is 0 Å². The molecule has 1 aromatic rings. The Morgan fingerprint density at radius 1 is 0.742 bits per heavy atom. The second-order valence-corrected chi connectivity index (χ2v) is 8.37. The molecule has 0 spiro atoms. The minimum atomic E-state index is -0.363. The van der Waals surface area contributed by atoms with Crippen LogP contribution in [0.2, 0.25) is 0 Å². The molecule has 0 saturated carbocycles. The van der Waals surface area contributed by atoms with Crippen molar-refractivity contribution < 1.29 is 14.3 Å². The first-order chi connectivity index (χ1) is 15.2. The molecule has 1 rings (SSSR count). The van der Waals surface area contributed by atoms with E-state index >= 15 is 0 Å². The highest BCUT2D eigenvalue weighted by Crippen LogP contribution is 2.13. The summed E-state index contributed by atoms with van der Waals surface area (Å²) < 4.78 is 4.67. The van der Waals surface area contributed by atoms with Gasteiger partial charge in [-0.15, -0.1) is 0 Å². The zero-order valence-corrected chi connectivity index (χ0v) is 19.8. The van der Waals surface area contributed by atoms with Crippen molar-refractivity contribution in [3.8, 4) is 0 Å². The summed E-state index contributed by atoms with van der Waals surface area (Å²) in [5.74, 6) is -0.371. The van der Waals surface area contributed by atoms with E-state index in [1.54, 1.807) is 24.3 Å². The largest absolute Gasteiger partial charge is 0.465 e. The molecule has 0 aliphatic heterocycles. The van der Waals surface area contributed by atoms with Gasteiger partial charge in [0.05, 0.1) is 19.2 Å². The lowest BCUT2D eigenvalue weighted by Crippen LogP contribution is -2.30. The maximum absolute atomic E-state index is 11.9. The van der Waals surface area contributed by atoms with Crippen molar-refractivity contribution in [3.63, 3.8) is 0 Å². The van der Waals surface area contributed by atoms with Crippen LogP contribution < -0.4 is 10.6 Å². The standard InChI is InChI=1S/C26H44N2O3/c1-3-4-5-6-7-8-9-10-11-12-13-14-15-16-21-27-25(29)22-28-24-19-17-23(18-20-24)26(30)31-2/h17-20,28H,3-16,21-22H2,1-2H3,(H,27,29). The van der Waals surface area contributed by atoms with Gasteiger partial charge in [0.25, 0.3) is 0 Å². The van der Waals surface area contributed by atoms with Crippen LogP contribution in [-0.4, -0.2) is 32.1 Å². The lowest BCUT2D eigenvalue weighted by molar-refractivity contribution is -0.119. The van der Waals surface area contributed by atoms with E-state index in [0.29, 0.717) is 5.56 Å². The van der Waals surface area contributed by atoms with Gasteiger partial charge in [-0.25, -0.2) is 4.79 Å². The molecule has 2 N–H and O–H groups in total. The molecule has 5 heteroatoms. The van der Waals surface area contributed by atoms with Crippen molar-refractivity contribution in [3.05, 3.63) is 29.8 Å². The maximum atomic E-state index is 11.9. The molecule has 31 heavy (non-hydrogen) atoms. The summed E-state index contributed by atoms with van der Waals surface area (Å²) in [7, 11) is 1.36. The predicted octanol–water partition coefficient (Wildman–Crippen LogP) is 6.48. The van der Waals surface area contributed by atoms with Gasteiger partial charge < -0.3 is 15.4 Å². The van der Waals surface area contributed by atoms with Gasteiger partial charge in [0.1, 0.15) is 0 Å². The molecular formula is C26H44N2O3. The van der Waals surface area contributed by atoms with E-state index in [9.17, 15) is 9.59 Å². The van der Waals surface area contributed by atoms with Gasteiger partial charge in [-0.05, 0) is 30.7 Å². The number of rotatable bonds is 19. The fourth-order valence-electron chi connectivity index (χ4n) is 3.63. The lowest BCUT2D eigenvalue weighted by Gasteiger charge is -2.08. The molecule has 0 aliphatic carbocycles. The molecule has 0 saturated heterocycles. The van der Waals surface area contributed by atoms with Crippen LogP contribution >= 0.6 is 0 Å². The van der Waals surface area contributed by atoms with Crippen LogP contribution in [0.3, 0.4) is 0 Å². The molecule has 0 radical (unpaired) electrons. The number of methoxy groups -OCH3 is 1. The van der Waals surface area contributed by atoms with Crippen LogP contribution in [0.15, 0.2) is 24.3 Å². The van der Waals surface area contributed by atoms with E-state index in [2.05, 4.69) is 22.3 Å². The van der Waals surface area contributed by atoms with E-state index < -0.39 is 0 Å². The van der Waals surface area contributed by atoms with Crippen molar-refractivity contribution in [2.24, 2.45) is 0 Å². The van der Waals surface area contributed by atoms with Crippen LogP contribution in [0.5, 0.6) is 0 Å². The van der Waals surface area contributed by atoms with Crippen molar-refractivity contribution in [1.82, 2.24) is 5.32 Å². The number of benzene rings is 1. The molecule has 1 amide bonds. The Hall–Kier alpha value is -2.04. The number of ether oxygens (including phenoxy) is 1. The molecule has 1 aromatic carbocycles. The Balaban J connectivity index is 1.89. The summed E-state index contributed by atoms with van der Waals surface area (Å²) in [4.78, 5) is 23.3. The first-order valence-corrected chi connectivity index (χ1v) is 12.4. The first-order valence-electron chi connectivity index (χ1n) is 12.4. The predicted molar refractivity (Wildman–Crippen MR) is 130 cm³/mol. The van der Waals surface area contributed by atoms with Crippen molar-refractivity contribution in [1.29, 1.82) is 0 Å². The molecule has 0 bridgehead atoms. The van der Waals surface area contributed by atoms with E-state index in [4.69, 9.17) is 0 Å². The fraction of sp³-hybridized carbons (Fsp3) is 0.692. The average Bonchev–Trinajstić information content (AvgIpc) is 2.80. The summed E-state index contributed by atoms with van der Waals surface area (Å²) in [6.07, 6.45) is 18.7. The van der Waals surface area contributed by atoms with E-state index in [1.807, 2.05) is 0 Å². The van der Waals surface area contributed by atoms with Crippen LogP contribution in [0, 0.1) is 0 Å². The fourth-order valence-corrected chi connectivity index (χ4v) is 3.63. The molecule has 176 valence electrons. The van der Waals surface area contributed by atoms with E-state index in [1.165, 1.54) is 90.6 Å². The lowest BCUT2D eigenvalue weighted by atomic mass is 10.0. The molecule has 0 unspecified atom stereocenters. The van der Waals surface area contributed by atoms with Crippen molar-refractivity contribution in [2.45, 2.75) is 96.8 Å².